The van der Waals surface area contributed by atoms with Crippen LogP contribution in [0, 0.1) is 0 Å². The molecule has 0 aromatic heterocycles. The second-order valence-electron chi connectivity index (χ2n) is 4.71. The van der Waals surface area contributed by atoms with Crippen molar-refractivity contribution in [3.8, 4) is 0 Å². The predicted octanol–water partition coefficient (Wildman–Crippen LogP) is 3.35. The summed E-state index contributed by atoms with van der Waals surface area (Å²) in [5.41, 5.74) is 2.34. The molecule has 0 aliphatic carbocycles. The van der Waals surface area contributed by atoms with Crippen molar-refractivity contribution < 1.29 is 8.78 Å². The Balaban J connectivity index is 1.92. The minimum Gasteiger partial charge on any atom is -0.316 e. The van der Waals surface area contributed by atoms with E-state index in [0.29, 0.717) is 12.3 Å². The predicted molar refractivity (Wildman–Crippen MR) is 65.6 cm³/mol. The highest BCUT2D eigenvalue weighted by Gasteiger charge is 2.14. The molecule has 1 nitrogen and oxygen atoms in total. The maximum Gasteiger partial charge on any atom is 0.239 e. The van der Waals surface area contributed by atoms with Gasteiger partial charge in [-0.1, -0.05) is 24.3 Å². The maximum atomic E-state index is 12.1. The minimum atomic E-state index is -2.20. The fourth-order valence-corrected chi connectivity index (χ4v) is 2.37. The van der Waals surface area contributed by atoms with E-state index < -0.39 is 6.43 Å². The Morgan fingerprint density at radius 3 is 2.59 bits per heavy atom. The lowest BCUT2D eigenvalue weighted by Gasteiger charge is -2.23. The SMILES string of the molecule is FC(F)CCc1ccc(C2CCCNC2)cc1. The van der Waals surface area contributed by atoms with Crippen LogP contribution in [0.25, 0.3) is 0 Å². The van der Waals surface area contributed by atoms with Crippen LogP contribution < -0.4 is 5.32 Å². The molecule has 1 aliphatic rings. The van der Waals surface area contributed by atoms with Gasteiger partial charge in [0.05, 0.1) is 0 Å². The molecule has 2 rings (SSSR count). The molecule has 1 saturated heterocycles. The van der Waals surface area contributed by atoms with Gasteiger partial charge in [0.25, 0.3) is 0 Å². The second-order valence-corrected chi connectivity index (χ2v) is 4.71. The van der Waals surface area contributed by atoms with Gasteiger partial charge in [0.2, 0.25) is 6.43 Å². The van der Waals surface area contributed by atoms with Gasteiger partial charge >= 0.3 is 0 Å². The lowest BCUT2D eigenvalue weighted by atomic mass is 9.91. The van der Waals surface area contributed by atoms with Crippen molar-refractivity contribution in [2.24, 2.45) is 0 Å². The molecule has 0 spiro atoms. The molecule has 1 heterocycles. The van der Waals surface area contributed by atoms with Gasteiger partial charge in [0.15, 0.2) is 0 Å². The van der Waals surface area contributed by atoms with Crippen molar-refractivity contribution in [2.45, 2.75) is 38.0 Å². The lowest BCUT2D eigenvalue weighted by Crippen LogP contribution is -2.28. The number of aryl methyl sites for hydroxylation is 1. The number of rotatable bonds is 4. The van der Waals surface area contributed by atoms with E-state index in [4.69, 9.17) is 0 Å². The number of nitrogens with one attached hydrogen (secondary N) is 1. The van der Waals surface area contributed by atoms with Crippen molar-refractivity contribution in [1.29, 1.82) is 0 Å². The number of piperidine rings is 1. The third-order valence-corrected chi connectivity index (χ3v) is 3.40. The van der Waals surface area contributed by atoms with E-state index in [1.807, 2.05) is 12.1 Å². The van der Waals surface area contributed by atoms with Crippen LogP contribution >= 0.6 is 0 Å². The smallest absolute Gasteiger partial charge is 0.239 e. The zero-order valence-electron chi connectivity index (χ0n) is 9.96. The van der Waals surface area contributed by atoms with E-state index in [2.05, 4.69) is 17.4 Å². The number of alkyl halides is 2. The van der Waals surface area contributed by atoms with Crippen LogP contribution in [0.15, 0.2) is 24.3 Å². The van der Waals surface area contributed by atoms with Crippen molar-refractivity contribution in [1.82, 2.24) is 5.32 Å². The summed E-state index contributed by atoms with van der Waals surface area (Å²) in [5.74, 6) is 0.591. The van der Waals surface area contributed by atoms with Crippen molar-refractivity contribution in [3.63, 3.8) is 0 Å². The molecule has 1 aromatic rings. The molecule has 1 N–H and O–H groups in total. The first-order valence-electron chi connectivity index (χ1n) is 6.33. The molecule has 0 saturated carbocycles. The molecule has 17 heavy (non-hydrogen) atoms. The van der Waals surface area contributed by atoms with E-state index in [-0.39, 0.29) is 6.42 Å². The Hall–Kier alpha value is -0.960. The first-order chi connectivity index (χ1) is 8.25. The Kier molecular flexibility index (Phi) is 4.49. The number of halogens is 2. The van der Waals surface area contributed by atoms with Gasteiger partial charge in [0, 0.05) is 13.0 Å². The highest BCUT2D eigenvalue weighted by molar-refractivity contribution is 5.26. The standard InChI is InChI=1S/C14H19F2N/c15-14(16)8-5-11-3-6-12(7-4-11)13-2-1-9-17-10-13/h3-4,6-7,13-14,17H,1-2,5,8-10H2. The minimum absolute atomic E-state index is 0.0374. The van der Waals surface area contributed by atoms with E-state index in [0.717, 1.165) is 18.7 Å². The first kappa shape index (κ1) is 12.5. The first-order valence-corrected chi connectivity index (χ1v) is 6.33. The van der Waals surface area contributed by atoms with Crippen LogP contribution in [0.4, 0.5) is 8.78 Å². The summed E-state index contributed by atoms with van der Waals surface area (Å²) in [5, 5.41) is 3.39. The van der Waals surface area contributed by atoms with Crippen LogP contribution in [-0.4, -0.2) is 19.5 Å². The summed E-state index contributed by atoms with van der Waals surface area (Å²) >= 11 is 0. The summed E-state index contributed by atoms with van der Waals surface area (Å²) in [6, 6.07) is 8.18. The van der Waals surface area contributed by atoms with Gasteiger partial charge in [0.1, 0.15) is 0 Å². The molecule has 1 unspecified atom stereocenters. The quantitative estimate of drug-likeness (QED) is 0.849. The molecule has 1 aliphatic heterocycles. The summed E-state index contributed by atoms with van der Waals surface area (Å²) in [6.45, 7) is 2.15. The third kappa shape index (κ3) is 3.77. The Labute approximate surface area is 101 Å². The van der Waals surface area contributed by atoms with Gasteiger partial charge in [-0.05, 0) is 42.9 Å². The van der Waals surface area contributed by atoms with Gasteiger partial charge in [-0.25, -0.2) is 8.78 Å². The average Bonchev–Trinajstić information content (AvgIpc) is 2.38. The van der Waals surface area contributed by atoms with E-state index in [1.165, 1.54) is 18.4 Å². The lowest BCUT2D eigenvalue weighted by molar-refractivity contribution is 0.138. The van der Waals surface area contributed by atoms with Crippen molar-refractivity contribution >= 4 is 0 Å². The van der Waals surface area contributed by atoms with Crippen LogP contribution in [0.3, 0.4) is 0 Å². The van der Waals surface area contributed by atoms with Gasteiger partial charge < -0.3 is 5.32 Å². The average molecular weight is 239 g/mol. The Morgan fingerprint density at radius 1 is 1.24 bits per heavy atom. The largest absolute Gasteiger partial charge is 0.316 e. The molecule has 1 atom stereocenters. The molecule has 0 radical (unpaired) electrons. The number of benzene rings is 1. The third-order valence-electron chi connectivity index (χ3n) is 3.40. The summed E-state index contributed by atoms with van der Waals surface area (Å²) < 4.78 is 24.2. The second kappa shape index (κ2) is 6.10. The topological polar surface area (TPSA) is 12.0 Å². The highest BCUT2D eigenvalue weighted by atomic mass is 19.3. The number of hydrogen-bond donors (Lipinski definition) is 1. The zero-order valence-corrected chi connectivity index (χ0v) is 9.96. The van der Waals surface area contributed by atoms with E-state index in [1.54, 1.807) is 0 Å². The molecule has 94 valence electrons. The highest BCUT2D eigenvalue weighted by Crippen LogP contribution is 2.23. The molecule has 1 fully saturated rings. The fourth-order valence-electron chi connectivity index (χ4n) is 2.37. The molecule has 1 aromatic carbocycles. The Morgan fingerprint density at radius 2 is 2.00 bits per heavy atom. The van der Waals surface area contributed by atoms with Crippen LogP contribution in [0.2, 0.25) is 0 Å². The molecular formula is C14H19F2N. The van der Waals surface area contributed by atoms with Crippen LogP contribution in [0.5, 0.6) is 0 Å². The molecule has 0 amide bonds. The normalized spacial score (nSPS) is 20.8. The van der Waals surface area contributed by atoms with Crippen molar-refractivity contribution in [2.75, 3.05) is 13.1 Å². The van der Waals surface area contributed by atoms with Crippen LogP contribution in [-0.2, 0) is 6.42 Å². The zero-order chi connectivity index (χ0) is 12.1. The van der Waals surface area contributed by atoms with E-state index >= 15 is 0 Å². The van der Waals surface area contributed by atoms with Gasteiger partial charge in [-0.15, -0.1) is 0 Å². The fraction of sp³-hybridized carbons (Fsp3) is 0.571. The Bertz CT molecular complexity index is 329. The molecule has 3 heteroatoms. The summed E-state index contributed by atoms with van der Waals surface area (Å²) in [6.07, 6.45) is 0.684. The maximum absolute atomic E-state index is 12.1. The summed E-state index contributed by atoms with van der Waals surface area (Å²) in [4.78, 5) is 0. The van der Waals surface area contributed by atoms with Crippen LogP contribution in [0.1, 0.15) is 36.3 Å². The van der Waals surface area contributed by atoms with Crippen molar-refractivity contribution in [3.05, 3.63) is 35.4 Å². The van der Waals surface area contributed by atoms with E-state index in [9.17, 15) is 8.78 Å². The summed E-state index contributed by atoms with van der Waals surface area (Å²) in [7, 11) is 0. The molecular weight excluding hydrogens is 220 g/mol. The molecule has 0 bridgehead atoms. The monoisotopic (exact) mass is 239 g/mol. The number of hydrogen-bond acceptors (Lipinski definition) is 1. The van der Waals surface area contributed by atoms with Gasteiger partial charge in [-0.3, -0.25) is 0 Å². The van der Waals surface area contributed by atoms with Gasteiger partial charge in [-0.2, -0.15) is 0 Å².